The molecule has 5 nitrogen and oxygen atoms in total. The first-order valence-corrected chi connectivity index (χ1v) is 7.55. The number of pyridine rings is 2. The van der Waals surface area contributed by atoms with Gasteiger partial charge in [-0.25, -0.2) is 0 Å². The molecule has 0 saturated heterocycles. The number of fused-ring (bicyclic) bond motifs is 2. The van der Waals surface area contributed by atoms with Crippen LogP contribution in [0.15, 0.2) is 48.8 Å². The van der Waals surface area contributed by atoms with E-state index >= 15 is 0 Å². The predicted molar refractivity (Wildman–Crippen MR) is 73.2 cm³/mol. The molecule has 112 valence electrons. The van der Waals surface area contributed by atoms with Crippen molar-refractivity contribution in [2.75, 3.05) is 0 Å². The first-order valence-electron chi connectivity index (χ1n) is 6.22. The minimum absolute atomic E-state index is 1.28. The van der Waals surface area contributed by atoms with E-state index in [9.17, 15) is 0 Å². The van der Waals surface area contributed by atoms with Gasteiger partial charge in [0, 0.05) is 23.1 Å². The number of aromatic nitrogens is 1. The van der Waals surface area contributed by atoms with Crippen molar-refractivity contribution in [3.8, 4) is 0 Å². The number of hydrogen-bond acceptors (Lipinski definition) is 4. The van der Waals surface area contributed by atoms with Crippen molar-refractivity contribution in [3.05, 3.63) is 59.9 Å². The Labute approximate surface area is 124 Å². The normalized spacial score (nSPS) is 12.1. The van der Waals surface area contributed by atoms with Gasteiger partial charge in [0.2, 0.25) is 5.52 Å². The Bertz CT molecular complexity index is 778. The van der Waals surface area contributed by atoms with Crippen molar-refractivity contribution in [3.63, 3.8) is 0 Å². The molecule has 0 saturated carbocycles. The summed E-state index contributed by atoms with van der Waals surface area (Å²) < 4.78 is 32.4. The van der Waals surface area contributed by atoms with Crippen molar-refractivity contribution in [1.29, 1.82) is 0 Å². The molecule has 6 heteroatoms. The van der Waals surface area contributed by atoms with Gasteiger partial charge in [-0.1, -0.05) is 18.2 Å². The standard InChI is InChI=1S/C15H14N.ClH3O4/c1-11-6-5-7-13-12(2)15-8-3-4-9-16(15)10-14(11)13;2-1(3,4)5/h3-10H,1-2H3;2-4H/q+1;. The van der Waals surface area contributed by atoms with E-state index in [1.165, 1.54) is 27.4 Å². The monoisotopic (exact) mass is 310 g/mol. The van der Waals surface area contributed by atoms with Crippen LogP contribution < -0.4 is 9.06 Å². The molecule has 0 bridgehead atoms. The van der Waals surface area contributed by atoms with Crippen LogP contribution >= 0.6 is 0 Å². The Hall–Kier alpha value is -1.76. The molecule has 21 heavy (non-hydrogen) atoms. The van der Waals surface area contributed by atoms with Crippen molar-refractivity contribution in [2.45, 2.75) is 13.8 Å². The van der Waals surface area contributed by atoms with Crippen LogP contribution in [0.3, 0.4) is 0 Å². The number of nitrogens with zero attached hydrogens (tertiary/aromatic N) is 1. The zero-order valence-electron chi connectivity index (χ0n) is 11.7. The second-order valence-corrected chi connectivity index (χ2v) is 5.58. The van der Waals surface area contributed by atoms with Crippen LogP contribution in [-0.4, -0.2) is 14.0 Å². The summed E-state index contributed by atoms with van der Waals surface area (Å²) in [5.74, 6) is 0. The van der Waals surface area contributed by atoms with Crippen LogP contribution in [0.5, 0.6) is 0 Å². The van der Waals surface area contributed by atoms with Crippen molar-refractivity contribution < 1.29 is 33.3 Å². The van der Waals surface area contributed by atoms with Gasteiger partial charge < -0.3 is 0 Å². The maximum absolute atomic E-state index is 8.83. The van der Waals surface area contributed by atoms with Crippen molar-refractivity contribution in [1.82, 2.24) is 0 Å². The third-order valence-electron chi connectivity index (χ3n) is 3.27. The SMILES string of the molecule is Cc1cccc2c(C)c3cccc[n+]3cc12.[O-][Cl+](O)(O)O. The van der Waals surface area contributed by atoms with E-state index in [1.807, 2.05) is 0 Å². The van der Waals surface area contributed by atoms with Crippen LogP contribution in [0.2, 0.25) is 0 Å². The molecule has 0 aliphatic rings. The molecule has 3 rings (SSSR count). The van der Waals surface area contributed by atoms with Gasteiger partial charge in [0.25, 0.3) is 0 Å². The molecule has 0 unspecified atom stereocenters. The van der Waals surface area contributed by atoms with Gasteiger partial charge >= 0.3 is 28.9 Å². The summed E-state index contributed by atoms with van der Waals surface area (Å²) in [6.07, 6.45) is 4.32. The Balaban J connectivity index is 0.000000282. The van der Waals surface area contributed by atoms with E-state index in [-0.39, 0.29) is 0 Å². The second-order valence-electron chi connectivity index (χ2n) is 4.72. The third-order valence-corrected chi connectivity index (χ3v) is 3.27. The minimum atomic E-state index is -4.19. The Morgan fingerprint density at radius 3 is 2.29 bits per heavy atom. The fourth-order valence-electron chi connectivity index (χ4n) is 2.34. The zero-order valence-corrected chi connectivity index (χ0v) is 12.4. The van der Waals surface area contributed by atoms with E-state index in [1.54, 1.807) is 0 Å². The molecule has 1 aromatic carbocycles. The van der Waals surface area contributed by atoms with Crippen LogP contribution in [-0.2, 0) is 0 Å². The molecule has 0 fully saturated rings. The summed E-state index contributed by atoms with van der Waals surface area (Å²) in [7, 11) is -4.19. The first-order chi connectivity index (χ1) is 9.77. The number of aryl methyl sites for hydroxylation is 2. The zero-order chi connectivity index (χ0) is 15.6. The summed E-state index contributed by atoms with van der Waals surface area (Å²) in [5, 5.41) is 2.69. The molecular formula is C15H17ClNO4+. The predicted octanol–water partition coefficient (Wildman–Crippen LogP) is 0.335. The molecule has 0 aliphatic carbocycles. The molecule has 3 N–H and O–H groups in total. The number of halogens is 1. The number of rotatable bonds is 0. The molecule has 2 aromatic heterocycles. The summed E-state index contributed by atoms with van der Waals surface area (Å²) >= 11 is 0. The fourth-order valence-corrected chi connectivity index (χ4v) is 2.34. The Morgan fingerprint density at radius 2 is 1.62 bits per heavy atom. The maximum atomic E-state index is 8.83. The quantitative estimate of drug-likeness (QED) is 0.412. The summed E-state index contributed by atoms with van der Waals surface area (Å²) in [4.78, 5) is 0. The van der Waals surface area contributed by atoms with Gasteiger partial charge in [-0.05, 0) is 30.9 Å². The third kappa shape index (κ3) is 3.87. The Kier molecular flexibility index (Phi) is 4.41. The van der Waals surface area contributed by atoms with Crippen molar-refractivity contribution >= 4 is 16.3 Å². The van der Waals surface area contributed by atoms with Gasteiger partial charge in [0.1, 0.15) is 0 Å². The molecule has 3 aromatic rings. The van der Waals surface area contributed by atoms with E-state index < -0.39 is 10.2 Å². The van der Waals surface area contributed by atoms with E-state index in [2.05, 4.69) is 67.0 Å². The topological polar surface area (TPSA) is 87.9 Å². The molecule has 0 spiro atoms. The summed E-state index contributed by atoms with van der Waals surface area (Å²) in [5.41, 5.74) is 3.96. The average molecular weight is 311 g/mol. The summed E-state index contributed by atoms with van der Waals surface area (Å²) in [6, 6.07) is 12.8. The fraction of sp³-hybridized carbons (Fsp3) is 0.133. The molecule has 2 heterocycles. The van der Waals surface area contributed by atoms with Crippen molar-refractivity contribution in [2.24, 2.45) is 0 Å². The molecular weight excluding hydrogens is 294 g/mol. The molecule has 0 amide bonds. The number of benzene rings is 1. The van der Waals surface area contributed by atoms with Gasteiger partial charge in [0.05, 0.1) is 0 Å². The van der Waals surface area contributed by atoms with Gasteiger partial charge in [0.15, 0.2) is 12.4 Å². The van der Waals surface area contributed by atoms with E-state index in [4.69, 9.17) is 18.6 Å². The van der Waals surface area contributed by atoms with Gasteiger partial charge in [-0.3, -0.25) is 0 Å². The van der Waals surface area contributed by atoms with Gasteiger partial charge in [-0.2, -0.15) is 4.40 Å². The summed E-state index contributed by atoms with van der Waals surface area (Å²) in [6.45, 7) is 4.36. The molecule has 0 aliphatic heterocycles. The number of hydrogen-bond donors (Lipinski definition) is 3. The van der Waals surface area contributed by atoms with Crippen LogP contribution in [0.1, 0.15) is 11.1 Å². The van der Waals surface area contributed by atoms with Crippen LogP contribution in [0.4, 0.5) is 0 Å². The molecule has 0 atom stereocenters. The first kappa shape index (κ1) is 15.6. The van der Waals surface area contributed by atoms with E-state index in [0.29, 0.717) is 0 Å². The van der Waals surface area contributed by atoms with Crippen LogP contribution in [0.25, 0.3) is 16.3 Å². The van der Waals surface area contributed by atoms with Gasteiger partial charge in [-0.15, -0.1) is 0 Å². The molecule has 0 radical (unpaired) electrons. The second kappa shape index (κ2) is 5.93. The van der Waals surface area contributed by atoms with Crippen LogP contribution in [0, 0.1) is 24.1 Å². The Morgan fingerprint density at radius 1 is 0.952 bits per heavy atom. The average Bonchev–Trinajstić information content (AvgIpc) is 2.39. The van der Waals surface area contributed by atoms with E-state index in [0.717, 1.165) is 0 Å².